The van der Waals surface area contributed by atoms with Crippen molar-refractivity contribution in [2.24, 2.45) is 0 Å². The SMILES string of the molecule is O=C(NCc1ccccc1F)Nc1nc(OCc2ccccc2)ncc1F. The Morgan fingerprint density at radius 3 is 2.52 bits per heavy atom. The number of rotatable bonds is 6. The smallest absolute Gasteiger partial charge is 0.320 e. The largest absolute Gasteiger partial charge is 0.459 e. The van der Waals surface area contributed by atoms with E-state index in [0.717, 1.165) is 11.8 Å². The predicted octanol–water partition coefficient (Wildman–Crippen LogP) is 3.66. The summed E-state index contributed by atoms with van der Waals surface area (Å²) in [6.45, 7) is 0.147. The van der Waals surface area contributed by atoms with Crippen LogP contribution in [0.2, 0.25) is 0 Å². The minimum atomic E-state index is -0.817. The summed E-state index contributed by atoms with van der Waals surface area (Å²) in [5.74, 6) is -1.59. The first-order valence-corrected chi connectivity index (χ1v) is 8.09. The number of anilines is 1. The highest BCUT2D eigenvalue weighted by Gasteiger charge is 2.12. The molecule has 138 valence electrons. The molecule has 1 aromatic heterocycles. The van der Waals surface area contributed by atoms with Gasteiger partial charge < -0.3 is 10.1 Å². The van der Waals surface area contributed by atoms with Crippen LogP contribution in [0.5, 0.6) is 6.01 Å². The number of carbonyl (C=O) groups is 1. The van der Waals surface area contributed by atoms with E-state index in [1.54, 1.807) is 12.1 Å². The first-order chi connectivity index (χ1) is 13.1. The molecule has 0 radical (unpaired) electrons. The van der Waals surface area contributed by atoms with Gasteiger partial charge in [-0.05, 0) is 11.6 Å². The Labute approximate surface area is 154 Å². The van der Waals surface area contributed by atoms with Crippen LogP contribution in [0, 0.1) is 11.6 Å². The molecular formula is C19H16F2N4O2. The maximum Gasteiger partial charge on any atom is 0.320 e. The van der Waals surface area contributed by atoms with Gasteiger partial charge in [0.05, 0.1) is 6.20 Å². The maximum atomic E-state index is 13.8. The van der Waals surface area contributed by atoms with E-state index in [4.69, 9.17) is 4.74 Å². The number of amides is 2. The fourth-order valence-corrected chi connectivity index (χ4v) is 2.20. The monoisotopic (exact) mass is 370 g/mol. The molecule has 0 saturated heterocycles. The summed E-state index contributed by atoms with van der Waals surface area (Å²) in [4.78, 5) is 19.5. The Bertz CT molecular complexity index is 923. The Kier molecular flexibility index (Phi) is 5.88. The van der Waals surface area contributed by atoms with Gasteiger partial charge in [-0.2, -0.15) is 4.98 Å². The third kappa shape index (κ3) is 5.21. The van der Waals surface area contributed by atoms with Crippen LogP contribution in [0.3, 0.4) is 0 Å². The lowest BCUT2D eigenvalue weighted by atomic mass is 10.2. The van der Waals surface area contributed by atoms with E-state index < -0.39 is 17.7 Å². The molecule has 6 nitrogen and oxygen atoms in total. The number of urea groups is 1. The average molecular weight is 370 g/mol. The van der Waals surface area contributed by atoms with Crippen LogP contribution in [-0.4, -0.2) is 16.0 Å². The molecule has 2 aromatic carbocycles. The highest BCUT2D eigenvalue weighted by Crippen LogP contribution is 2.14. The van der Waals surface area contributed by atoms with Crippen molar-refractivity contribution < 1.29 is 18.3 Å². The lowest BCUT2D eigenvalue weighted by Gasteiger charge is -2.10. The van der Waals surface area contributed by atoms with E-state index in [9.17, 15) is 13.6 Å². The second kappa shape index (κ2) is 8.70. The van der Waals surface area contributed by atoms with Crippen molar-refractivity contribution >= 4 is 11.8 Å². The van der Waals surface area contributed by atoms with Crippen molar-refractivity contribution in [3.63, 3.8) is 0 Å². The molecule has 0 bridgehead atoms. The maximum absolute atomic E-state index is 13.8. The zero-order chi connectivity index (χ0) is 19.1. The zero-order valence-electron chi connectivity index (χ0n) is 14.2. The van der Waals surface area contributed by atoms with Crippen molar-refractivity contribution in [3.8, 4) is 6.01 Å². The number of carbonyl (C=O) groups excluding carboxylic acids is 1. The van der Waals surface area contributed by atoms with Crippen LogP contribution >= 0.6 is 0 Å². The summed E-state index contributed by atoms with van der Waals surface area (Å²) in [5.41, 5.74) is 1.20. The highest BCUT2D eigenvalue weighted by atomic mass is 19.1. The van der Waals surface area contributed by atoms with Crippen LogP contribution in [0.15, 0.2) is 60.8 Å². The molecule has 0 atom stereocenters. The molecule has 0 aliphatic heterocycles. The number of hydrogen-bond acceptors (Lipinski definition) is 4. The molecule has 0 fully saturated rings. The number of benzene rings is 2. The van der Waals surface area contributed by atoms with Gasteiger partial charge >= 0.3 is 12.0 Å². The minimum absolute atomic E-state index is 0.0530. The molecule has 0 unspecified atom stereocenters. The summed E-state index contributed by atoms with van der Waals surface area (Å²) in [6, 6.07) is 14.5. The van der Waals surface area contributed by atoms with E-state index in [2.05, 4.69) is 20.6 Å². The van der Waals surface area contributed by atoms with Gasteiger partial charge in [0.15, 0.2) is 11.6 Å². The summed E-state index contributed by atoms with van der Waals surface area (Å²) < 4.78 is 32.8. The normalized spacial score (nSPS) is 10.3. The molecule has 2 amide bonds. The lowest BCUT2D eigenvalue weighted by Crippen LogP contribution is -2.29. The van der Waals surface area contributed by atoms with E-state index >= 15 is 0 Å². The Hall–Kier alpha value is -3.55. The molecule has 0 saturated carbocycles. The second-order valence-electron chi connectivity index (χ2n) is 5.52. The van der Waals surface area contributed by atoms with Crippen molar-refractivity contribution in [2.45, 2.75) is 13.2 Å². The number of nitrogens with one attached hydrogen (secondary N) is 2. The predicted molar refractivity (Wildman–Crippen MR) is 95.0 cm³/mol. The quantitative estimate of drug-likeness (QED) is 0.694. The van der Waals surface area contributed by atoms with Gasteiger partial charge in [-0.25, -0.2) is 18.6 Å². The number of ether oxygens (including phenoxy) is 1. The van der Waals surface area contributed by atoms with Gasteiger partial charge in [0.25, 0.3) is 0 Å². The van der Waals surface area contributed by atoms with E-state index in [0.29, 0.717) is 5.56 Å². The van der Waals surface area contributed by atoms with Crippen LogP contribution in [-0.2, 0) is 13.2 Å². The third-order valence-electron chi connectivity index (χ3n) is 3.56. The Balaban J connectivity index is 1.58. The summed E-state index contributed by atoms with van der Waals surface area (Å²) >= 11 is 0. The zero-order valence-corrected chi connectivity index (χ0v) is 14.2. The molecule has 8 heteroatoms. The van der Waals surface area contributed by atoms with Crippen molar-refractivity contribution in [3.05, 3.63) is 83.6 Å². The molecule has 3 rings (SSSR count). The first-order valence-electron chi connectivity index (χ1n) is 8.09. The van der Waals surface area contributed by atoms with Gasteiger partial charge in [0.2, 0.25) is 0 Å². The highest BCUT2D eigenvalue weighted by molar-refractivity contribution is 5.88. The number of nitrogens with zero attached hydrogens (tertiary/aromatic N) is 2. The van der Waals surface area contributed by atoms with Crippen LogP contribution in [0.1, 0.15) is 11.1 Å². The van der Waals surface area contributed by atoms with Gasteiger partial charge in [-0.3, -0.25) is 5.32 Å². The van der Waals surface area contributed by atoms with Gasteiger partial charge in [0, 0.05) is 12.1 Å². The number of hydrogen-bond donors (Lipinski definition) is 2. The van der Waals surface area contributed by atoms with Crippen LogP contribution in [0.25, 0.3) is 0 Å². The standard InChI is InChI=1S/C19H16F2N4O2/c20-15-9-5-4-8-14(15)10-22-18(26)24-17-16(21)11-23-19(25-17)27-12-13-6-2-1-3-7-13/h1-9,11H,10,12H2,(H2,22,23,24,25,26). The van der Waals surface area contributed by atoms with E-state index in [-0.39, 0.29) is 25.0 Å². The molecule has 27 heavy (non-hydrogen) atoms. The summed E-state index contributed by atoms with van der Waals surface area (Å²) in [5, 5.41) is 4.69. The molecule has 3 aromatic rings. The van der Waals surface area contributed by atoms with Gasteiger partial charge in [0.1, 0.15) is 12.4 Å². The number of halogens is 2. The van der Waals surface area contributed by atoms with E-state index in [1.165, 1.54) is 12.1 Å². The summed E-state index contributed by atoms with van der Waals surface area (Å²) in [7, 11) is 0. The fraction of sp³-hybridized carbons (Fsp3) is 0.105. The molecule has 2 N–H and O–H groups in total. The lowest BCUT2D eigenvalue weighted by molar-refractivity contribution is 0.251. The molecule has 0 spiro atoms. The molecule has 1 heterocycles. The van der Waals surface area contributed by atoms with Crippen LogP contribution in [0.4, 0.5) is 19.4 Å². The Morgan fingerprint density at radius 1 is 1.00 bits per heavy atom. The molecular weight excluding hydrogens is 354 g/mol. The molecule has 0 aliphatic carbocycles. The van der Waals surface area contributed by atoms with Crippen molar-refractivity contribution in [1.29, 1.82) is 0 Å². The Morgan fingerprint density at radius 2 is 1.74 bits per heavy atom. The second-order valence-corrected chi connectivity index (χ2v) is 5.52. The van der Waals surface area contributed by atoms with Crippen LogP contribution < -0.4 is 15.4 Å². The third-order valence-corrected chi connectivity index (χ3v) is 3.56. The number of aromatic nitrogens is 2. The van der Waals surface area contributed by atoms with Crippen molar-refractivity contribution in [2.75, 3.05) is 5.32 Å². The summed E-state index contributed by atoms with van der Waals surface area (Å²) in [6.07, 6.45) is 0.903. The van der Waals surface area contributed by atoms with Gasteiger partial charge in [-0.1, -0.05) is 48.5 Å². The van der Waals surface area contributed by atoms with E-state index in [1.807, 2.05) is 30.3 Å². The average Bonchev–Trinajstić information content (AvgIpc) is 2.69. The fourth-order valence-electron chi connectivity index (χ4n) is 2.20. The molecule has 0 aliphatic rings. The topological polar surface area (TPSA) is 76.1 Å². The van der Waals surface area contributed by atoms with Crippen molar-refractivity contribution in [1.82, 2.24) is 15.3 Å². The first kappa shape index (κ1) is 18.2. The van der Waals surface area contributed by atoms with Gasteiger partial charge in [-0.15, -0.1) is 0 Å². The minimum Gasteiger partial charge on any atom is -0.459 e.